The molecule has 34 heavy (non-hydrogen) atoms. The lowest BCUT2D eigenvalue weighted by Gasteiger charge is -2.08. The van der Waals surface area contributed by atoms with Gasteiger partial charge in [0.05, 0.1) is 31.1 Å². The van der Waals surface area contributed by atoms with Crippen molar-refractivity contribution < 1.29 is 19.1 Å². The molecule has 0 unspecified atom stereocenters. The van der Waals surface area contributed by atoms with Crippen molar-refractivity contribution in [2.45, 2.75) is 13.2 Å². The van der Waals surface area contributed by atoms with Crippen molar-refractivity contribution >= 4 is 29.2 Å². The Balaban J connectivity index is 1.35. The van der Waals surface area contributed by atoms with Crippen LogP contribution in [-0.2, 0) is 17.9 Å². The fraction of sp³-hybridized carbons (Fsp3) is 0.115. The first kappa shape index (κ1) is 23.1. The van der Waals surface area contributed by atoms with Crippen LogP contribution in [-0.4, -0.2) is 28.8 Å². The highest BCUT2D eigenvalue weighted by molar-refractivity contribution is 6.30. The number of anilines is 1. The molecule has 0 aliphatic carbocycles. The molecule has 0 radical (unpaired) electrons. The number of aromatic nitrogens is 2. The smallest absolute Gasteiger partial charge is 0.338 e. The molecule has 4 aromatic rings. The molecule has 1 heterocycles. The molecule has 0 spiro atoms. The van der Waals surface area contributed by atoms with Crippen molar-refractivity contribution in [3.63, 3.8) is 0 Å². The van der Waals surface area contributed by atoms with Gasteiger partial charge in [0.25, 0.3) is 5.91 Å². The van der Waals surface area contributed by atoms with Gasteiger partial charge in [-0.1, -0.05) is 48.0 Å². The number of rotatable bonds is 8. The number of benzene rings is 3. The number of halogens is 1. The van der Waals surface area contributed by atoms with E-state index in [0.717, 1.165) is 11.1 Å². The Kier molecular flexibility index (Phi) is 7.25. The van der Waals surface area contributed by atoms with Gasteiger partial charge in [-0.05, 0) is 47.5 Å². The second kappa shape index (κ2) is 10.7. The van der Waals surface area contributed by atoms with Gasteiger partial charge in [-0.3, -0.25) is 9.48 Å². The van der Waals surface area contributed by atoms with E-state index in [1.54, 1.807) is 53.5 Å². The molecule has 172 valence electrons. The van der Waals surface area contributed by atoms with E-state index in [9.17, 15) is 9.59 Å². The van der Waals surface area contributed by atoms with Gasteiger partial charge in [0.15, 0.2) is 0 Å². The van der Waals surface area contributed by atoms with E-state index in [2.05, 4.69) is 10.4 Å². The molecule has 0 fully saturated rings. The topological polar surface area (TPSA) is 82.5 Å². The lowest BCUT2D eigenvalue weighted by atomic mass is 10.1. The second-order valence-corrected chi connectivity index (χ2v) is 7.91. The maximum absolute atomic E-state index is 12.6. The van der Waals surface area contributed by atoms with E-state index in [-0.39, 0.29) is 5.91 Å². The van der Waals surface area contributed by atoms with Gasteiger partial charge < -0.3 is 14.8 Å². The predicted octanol–water partition coefficient (Wildman–Crippen LogP) is 5.20. The van der Waals surface area contributed by atoms with E-state index in [4.69, 9.17) is 21.1 Å². The fourth-order valence-electron chi connectivity index (χ4n) is 3.34. The summed E-state index contributed by atoms with van der Waals surface area (Å²) in [5.74, 6) is 0.0232. The van der Waals surface area contributed by atoms with Gasteiger partial charge in [0.2, 0.25) is 0 Å². The SMILES string of the molecule is COC(=O)c1ccccc1Cn1cc(NC(=O)c2ccc(COc3cccc(Cl)c3)cc2)cn1. The predicted molar refractivity (Wildman–Crippen MR) is 129 cm³/mol. The lowest BCUT2D eigenvalue weighted by Crippen LogP contribution is -2.12. The van der Waals surface area contributed by atoms with Crippen LogP contribution in [0.2, 0.25) is 5.02 Å². The number of carbonyl (C=O) groups is 2. The monoisotopic (exact) mass is 475 g/mol. The summed E-state index contributed by atoms with van der Waals surface area (Å²) in [6, 6.07) is 21.5. The Morgan fingerprint density at radius 1 is 1.03 bits per heavy atom. The molecular weight excluding hydrogens is 454 g/mol. The van der Waals surface area contributed by atoms with Crippen LogP contribution in [0, 0.1) is 0 Å². The van der Waals surface area contributed by atoms with E-state index >= 15 is 0 Å². The van der Waals surface area contributed by atoms with Crippen LogP contribution in [0.3, 0.4) is 0 Å². The van der Waals surface area contributed by atoms with Crippen LogP contribution < -0.4 is 10.1 Å². The maximum Gasteiger partial charge on any atom is 0.338 e. The van der Waals surface area contributed by atoms with Crippen LogP contribution in [0.1, 0.15) is 31.8 Å². The zero-order valence-corrected chi connectivity index (χ0v) is 19.2. The van der Waals surface area contributed by atoms with Gasteiger partial charge >= 0.3 is 5.97 Å². The molecule has 4 rings (SSSR count). The molecule has 8 heteroatoms. The summed E-state index contributed by atoms with van der Waals surface area (Å²) in [6.07, 6.45) is 3.27. The average molecular weight is 476 g/mol. The summed E-state index contributed by atoms with van der Waals surface area (Å²) in [6.45, 7) is 0.727. The number of hydrogen-bond acceptors (Lipinski definition) is 5. The van der Waals surface area contributed by atoms with Gasteiger partial charge in [-0.15, -0.1) is 0 Å². The molecule has 0 saturated heterocycles. The van der Waals surface area contributed by atoms with Crippen molar-refractivity contribution in [1.82, 2.24) is 9.78 Å². The summed E-state index contributed by atoms with van der Waals surface area (Å²) < 4.78 is 12.2. The Morgan fingerprint density at radius 2 is 1.82 bits per heavy atom. The van der Waals surface area contributed by atoms with Crippen LogP contribution in [0.15, 0.2) is 85.2 Å². The van der Waals surface area contributed by atoms with Crippen LogP contribution in [0.4, 0.5) is 5.69 Å². The van der Waals surface area contributed by atoms with E-state index in [0.29, 0.717) is 40.7 Å². The molecule has 1 N–H and O–H groups in total. The number of methoxy groups -OCH3 is 1. The quantitative estimate of drug-likeness (QED) is 0.354. The Hall–Kier alpha value is -4.10. The summed E-state index contributed by atoms with van der Waals surface area (Å²) in [4.78, 5) is 24.6. The number of hydrogen-bond donors (Lipinski definition) is 1. The molecular formula is C26H22ClN3O4. The van der Waals surface area contributed by atoms with Crippen LogP contribution >= 0.6 is 11.6 Å². The van der Waals surface area contributed by atoms with Crippen molar-refractivity contribution in [2.24, 2.45) is 0 Å². The third-order valence-electron chi connectivity index (χ3n) is 5.06. The Labute approximate surface area is 201 Å². The van der Waals surface area contributed by atoms with Crippen molar-refractivity contribution in [3.8, 4) is 5.75 Å². The number of esters is 1. The van der Waals surface area contributed by atoms with Gasteiger partial charge in [-0.2, -0.15) is 5.10 Å². The molecule has 1 aromatic heterocycles. The van der Waals surface area contributed by atoms with Crippen molar-refractivity contribution in [1.29, 1.82) is 0 Å². The zero-order valence-electron chi connectivity index (χ0n) is 18.4. The van der Waals surface area contributed by atoms with Gasteiger partial charge in [0, 0.05) is 16.8 Å². The minimum atomic E-state index is -0.405. The second-order valence-electron chi connectivity index (χ2n) is 7.47. The Morgan fingerprint density at radius 3 is 2.59 bits per heavy atom. The zero-order chi connectivity index (χ0) is 23.9. The van der Waals surface area contributed by atoms with Crippen LogP contribution in [0.25, 0.3) is 0 Å². The maximum atomic E-state index is 12.6. The third kappa shape index (κ3) is 5.82. The average Bonchev–Trinajstić information content (AvgIpc) is 3.29. The first-order valence-electron chi connectivity index (χ1n) is 10.5. The molecule has 0 atom stereocenters. The summed E-state index contributed by atoms with van der Waals surface area (Å²) >= 11 is 5.97. The molecule has 0 bridgehead atoms. The number of nitrogens with zero attached hydrogens (tertiary/aromatic N) is 2. The molecule has 0 saturated carbocycles. The number of amides is 1. The molecule has 0 aliphatic heterocycles. The number of ether oxygens (including phenoxy) is 2. The summed E-state index contributed by atoms with van der Waals surface area (Å²) in [5.41, 5.74) is 3.23. The highest BCUT2D eigenvalue weighted by Gasteiger charge is 2.13. The molecule has 1 amide bonds. The Bertz CT molecular complexity index is 1300. The van der Waals surface area contributed by atoms with Crippen molar-refractivity contribution in [2.75, 3.05) is 12.4 Å². The van der Waals surface area contributed by atoms with Crippen molar-refractivity contribution in [3.05, 3.63) is 112 Å². The highest BCUT2D eigenvalue weighted by Crippen LogP contribution is 2.19. The lowest BCUT2D eigenvalue weighted by molar-refractivity contribution is 0.0599. The molecule has 0 aliphatic rings. The molecule has 7 nitrogen and oxygen atoms in total. The summed E-state index contributed by atoms with van der Waals surface area (Å²) in [5, 5.41) is 7.73. The third-order valence-corrected chi connectivity index (χ3v) is 5.30. The fourth-order valence-corrected chi connectivity index (χ4v) is 3.52. The van der Waals surface area contributed by atoms with Gasteiger partial charge in [0.1, 0.15) is 12.4 Å². The molecule has 3 aromatic carbocycles. The number of carbonyl (C=O) groups excluding carboxylic acids is 2. The highest BCUT2D eigenvalue weighted by atomic mass is 35.5. The normalized spacial score (nSPS) is 10.5. The largest absolute Gasteiger partial charge is 0.489 e. The first-order valence-corrected chi connectivity index (χ1v) is 10.9. The minimum absolute atomic E-state index is 0.253. The minimum Gasteiger partial charge on any atom is -0.489 e. The van der Waals surface area contributed by atoms with E-state index in [1.165, 1.54) is 7.11 Å². The number of nitrogens with one attached hydrogen (secondary N) is 1. The summed E-state index contributed by atoms with van der Waals surface area (Å²) in [7, 11) is 1.35. The first-order chi connectivity index (χ1) is 16.5. The van der Waals surface area contributed by atoms with Gasteiger partial charge in [-0.25, -0.2) is 4.79 Å². The van der Waals surface area contributed by atoms with E-state index in [1.807, 2.05) is 36.4 Å². The standard InChI is InChI=1S/C26H22ClN3O4/c1-33-26(32)24-8-3-2-5-20(24)15-30-16-22(14-28-30)29-25(31)19-11-9-18(10-12-19)17-34-23-7-4-6-21(27)13-23/h2-14,16H,15,17H2,1H3,(H,29,31). The van der Waals surface area contributed by atoms with Crippen LogP contribution in [0.5, 0.6) is 5.75 Å². The van der Waals surface area contributed by atoms with E-state index < -0.39 is 5.97 Å².